The molecule has 15 heteroatoms. The Labute approximate surface area is 333 Å². The van der Waals surface area contributed by atoms with Crippen LogP contribution in [0.5, 0.6) is 5.75 Å². The number of nitrogens with zero attached hydrogens (tertiary/aromatic N) is 9. The Morgan fingerprint density at radius 2 is 1.68 bits per heavy atom. The van der Waals surface area contributed by atoms with Crippen LogP contribution < -0.4 is 19.9 Å². The third-order valence-corrected chi connectivity index (χ3v) is 11.7. The van der Waals surface area contributed by atoms with E-state index in [0.717, 1.165) is 116 Å². The van der Waals surface area contributed by atoms with E-state index < -0.39 is 17.9 Å². The van der Waals surface area contributed by atoms with Gasteiger partial charge in [0.2, 0.25) is 5.91 Å². The van der Waals surface area contributed by atoms with Gasteiger partial charge < -0.3 is 24.8 Å². The summed E-state index contributed by atoms with van der Waals surface area (Å²) in [5.41, 5.74) is 4.81. The monoisotopic (exact) mass is 775 g/mol. The summed E-state index contributed by atoms with van der Waals surface area (Å²) >= 11 is 0. The molecule has 0 bridgehead atoms. The summed E-state index contributed by atoms with van der Waals surface area (Å²) < 4.78 is 5.93. The third-order valence-electron chi connectivity index (χ3n) is 11.7. The van der Waals surface area contributed by atoms with Gasteiger partial charge in [0.25, 0.3) is 11.8 Å². The molecule has 3 fully saturated rings. The zero-order chi connectivity index (χ0) is 39.8. The van der Waals surface area contributed by atoms with Gasteiger partial charge in [0.15, 0.2) is 0 Å². The Morgan fingerprint density at radius 3 is 2.46 bits per heavy atom. The standard InChI is InChI=1S/C42H53N11O4/c1-27(2)57-31-8-10-35-34(23-31)39(47-46-35)36-24-38(44-26-43-36)52-21-20-50(29(4)25-52)17-13-48(5)12-14-49-15-18-51(19-16-49)30-7-9-32-33(22-30)42(56)53(41(32)55)37-11-6-28(3)45-40(37)54/h7-10,22-24,26-27,29,37H,3,6,11-21,25H2,1-2,4-5H3,(H,45,54)(H,46,47)/t29-,37?/m0/s1. The molecule has 4 aromatic rings. The minimum absolute atomic E-state index is 0.0862. The molecule has 2 aromatic heterocycles. The van der Waals surface area contributed by atoms with Crippen molar-refractivity contribution in [1.29, 1.82) is 0 Å². The molecule has 57 heavy (non-hydrogen) atoms. The maximum absolute atomic E-state index is 13.4. The SMILES string of the molecule is C=C1CCC(N2C(=O)c3ccc(N4CCN(CCN(C)CCN5CCN(c6cc(-c7n[nH]c8ccc(OC(C)C)cc78)ncn6)C[C@@H]5C)CC4)cc3C2=O)C(=O)N1. The minimum Gasteiger partial charge on any atom is -0.491 e. The number of carbonyl (C=O) groups excluding carboxylic acids is 3. The number of hydrogen-bond donors (Lipinski definition) is 2. The predicted molar refractivity (Wildman–Crippen MR) is 220 cm³/mol. The van der Waals surface area contributed by atoms with Crippen molar-refractivity contribution in [3.8, 4) is 17.1 Å². The number of aromatic amines is 1. The van der Waals surface area contributed by atoms with Crippen molar-refractivity contribution >= 4 is 40.1 Å². The van der Waals surface area contributed by atoms with Gasteiger partial charge in [-0.05, 0) is 77.1 Å². The lowest BCUT2D eigenvalue weighted by molar-refractivity contribution is -0.125. The first kappa shape index (κ1) is 38.5. The summed E-state index contributed by atoms with van der Waals surface area (Å²) in [6.07, 6.45) is 2.66. The van der Waals surface area contributed by atoms with E-state index in [1.165, 1.54) is 0 Å². The van der Waals surface area contributed by atoms with E-state index in [-0.39, 0.29) is 12.0 Å². The van der Waals surface area contributed by atoms with E-state index >= 15 is 0 Å². The van der Waals surface area contributed by atoms with Gasteiger partial charge in [0.1, 0.15) is 29.6 Å². The maximum atomic E-state index is 13.4. The summed E-state index contributed by atoms with van der Waals surface area (Å²) in [6, 6.07) is 13.1. The average Bonchev–Trinajstić information content (AvgIpc) is 3.73. The lowest BCUT2D eigenvalue weighted by Gasteiger charge is -2.41. The molecule has 15 nitrogen and oxygen atoms in total. The zero-order valence-corrected chi connectivity index (χ0v) is 33.4. The Balaban J connectivity index is 0.781. The molecule has 6 heterocycles. The van der Waals surface area contributed by atoms with Crippen molar-refractivity contribution < 1.29 is 19.1 Å². The Hall–Kier alpha value is -5.38. The molecule has 3 amide bonds. The van der Waals surface area contributed by atoms with Crippen LogP contribution in [-0.2, 0) is 4.79 Å². The zero-order valence-electron chi connectivity index (χ0n) is 33.4. The minimum atomic E-state index is -0.804. The number of piperazine rings is 2. The van der Waals surface area contributed by atoms with Crippen LogP contribution in [0.1, 0.15) is 54.3 Å². The molecular formula is C42H53N11O4. The number of H-pyrrole nitrogens is 1. The van der Waals surface area contributed by atoms with Crippen molar-refractivity contribution in [3.63, 3.8) is 0 Å². The molecule has 8 rings (SSSR count). The van der Waals surface area contributed by atoms with Crippen molar-refractivity contribution in [2.45, 2.75) is 51.8 Å². The molecule has 0 spiro atoms. The van der Waals surface area contributed by atoms with Crippen LogP contribution in [0.4, 0.5) is 11.5 Å². The lowest BCUT2D eigenvalue weighted by Crippen LogP contribution is -2.54. The summed E-state index contributed by atoms with van der Waals surface area (Å²) in [7, 11) is 2.20. The molecule has 300 valence electrons. The van der Waals surface area contributed by atoms with Gasteiger partial charge in [-0.25, -0.2) is 9.97 Å². The molecule has 1 unspecified atom stereocenters. The van der Waals surface area contributed by atoms with E-state index in [1.807, 2.05) is 50.2 Å². The van der Waals surface area contributed by atoms with Crippen LogP contribution in [0.25, 0.3) is 22.3 Å². The fourth-order valence-electron chi connectivity index (χ4n) is 8.41. The number of allylic oxidation sites excluding steroid dienone is 1. The van der Waals surface area contributed by atoms with Crippen LogP contribution in [0.15, 0.2) is 61.1 Å². The maximum Gasteiger partial charge on any atom is 0.262 e. The Kier molecular flexibility index (Phi) is 11.0. The van der Waals surface area contributed by atoms with Crippen LogP contribution in [0.2, 0.25) is 0 Å². The first-order valence-corrected chi connectivity index (χ1v) is 20.1. The van der Waals surface area contributed by atoms with Gasteiger partial charge in [0.05, 0.1) is 28.4 Å². The highest BCUT2D eigenvalue weighted by atomic mass is 16.5. The smallest absolute Gasteiger partial charge is 0.262 e. The lowest BCUT2D eigenvalue weighted by atomic mass is 10.0. The number of likely N-dealkylation sites (N-methyl/N-ethyl adjacent to an activating group) is 1. The van der Waals surface area contributed by atoms with Gasteiger partial charge in [-0.15, -0.1) is 0 Å². The van der Waals surface area contributed by atoms with Crippen LogP contribution >= 0.6 is 0 Å². The predicted octanol–water partition coefficient (Wildman–Crippen LogP) is 3.46. The van der Waals surface area contributed by atoms with Crippen LogP contribution in [0.3, 0.4) is 0 Å². The van der Waals surface area contributed by atoms with Gasteiger partial charge in [-0.3, -0.25) is 34.2 Å². The molecule has 0 saturated carbocycles. The molecule has 2 atom stereocenters. The van der Waals surface area contributed by atoms with E-state index in [2.05, 4.69) is 70.5 Å². The molecule has 4 aliphatic heterocycles. The number of amides is 3. The Morgan fingerprint density at radius 1 is 0.912 bits per heavy atom. The second-order valence-corrected chi connectivity index (χ2v) is 16.0. The van der Waals surface area contributed by atoms with Crippen molar-refractivity contribution in [3.05, 3.63) is 72.2 Å². The Bertz CT molecular complexity index is 2160. The summed E-state index contributed by atoms with van der Waals surface area (Å²) in [5, 5.41) is 11.4. The topological polar surface area (TPSA) is 146 Å². The van der Waals surface area contributed by atoms with Gasteiger partial charge in [-0.1, -0.05) is 6.58 Å². The molecule has 3 saturated heterocycles. The highest BCUT2D eigenvalue weighted by Gasteiger charge is 2.44. The molecule has 2 aromatic carbocycles. The van der Waals surface area contributed by atoms with Gasteiger partial charge >= 0.3 is 0 Å². The summed E-state index contributed by atoms with van der Waals surface area (Å²) in [4.78, 5) is 61.6. The highest BCUT2D eigenvalue weighted by Crippen LogP contribution is 2.33. The van der Waals surface area contributed by atoms with Crippen LogP contribution in [-0.4, -0.2) is 155 Å². The molecule has 0 aliphatic carbocycles. The van der Waals surface area contributed by atoms with Gasteiger partial charge in [0, 0.05) is 101 Å². The van der Waals surface area contributed by atoms with E-state index in [9.17, 15) is 14.4 Å². The average molecular weight is 776 g/mol. The van der Waals surface area contributed by atoms with E-state index in [1.54, 1.807) is 12.4 Å². The normalized spacial score (nSPS) is 21.0. The first-order valence-electron chi connectivity index (χ1n) is 20.1. The number of ether oxygens (including phenoxy) is 1. The number of piperidine rings is 1. The summed E-state index contributed by atoms with van der Waals surface area (Å²) in [5.74, 6) is 0.582. The largest absolute Gasteiger partial charge is 0.491 e. The number of benzene rings is 2. The fraction of sp³-hybridized carbons (Fsp3) is 0.476. The first-order chi connectivity index (χ1) is 27.5. The second-order valence-electron chi connectivity index (χ2n) is 16.0. The van der Waals surface area contributed by atoms with Crippen molar-refractivity contribution in [2.24, 2.45) is 0 Å². The quantitative estimate of drug-likeness (QED) is 0.203. The second kappa shape index (κ2) is 16.2. The van der Waals surface area contributed by atoms with E-state index in [4.69, 9.17) is 4.74 Å². The van der Waals surface area contributed by atoms with Crippen molar-refractivity contribution in [2.75, 3.05) is 88.8 Å². The fourth-order valence-corrected chi connectivity index (χ4v) is 8.41. The number of imide groups is 1. The third kappa shape index (κ3) is 8.09. The summed E-state index contributed by atoms with van der Waals surface area (Å²) in [6.45, 7) is 20.4. The van der Waals surface area contributed by atoms with Crippen LogP contribution in [0, 0.1) is 0 Å². The molecule has 4 aliphatic rings. The van der Waals surface area contributed by atoms with Gasteiger partial charge in [-0.2, -0.15) is 5.10 Å². The number of carbonyl (C=O) groups is 3. The number of fused-ring (bicyclic) bond motifs is 2. The molecule has 0 radical (unpaired) electrons. The van der Waals surface area contributed by atoms with Crippen molar-refractivity contribution in [1.82, 2.24) is 45.1 Å². The van der Waals surface area contributed by atoms with E-state index in [0.29, 0.717) is 35.7 Å². The number of rotatable bonds is 12. The molecular weight excluding hydrogens is 723 g/mol. The number of hydrogen-bond acceptors (Lipinski definition) is 12. The number of anilines is 2. The number of nitrogens with one attached hydrogen (secondary N) is 2. The number of aromatic nitrogens is 4. The molecule has 2 N–H and O–H groups in total. The highest BCUT2D eigenvalue weighted by molar-refractivity contribution is 6.23.